The van der Waals surface area contributed by atoms with Gasteiger partial charge >= 0.3 is 5.97 Å². The first-order valence-corrected chi connectivity index (χ1v) is 13.3. The van der Waals surface area contributed by atoms with E-state index in [-0.39, 0.29) is 17.3 Å². The van der Waals surface area contributed by atoms with Crippen LogP contribution in [0.3, 0.4) is 0 Å². The molecular weight excluding hydrogens is 476 g/mol. The van der Waals surface area contributed by atoms with Crippen LogP contribution < -0.4 is 0 Å². The minimum Gasteiger partial charge on any atom is -0.341 e. The van der Waals surface area contributed by atoms with Crippen molar-refractivity contribution < 1.29 is 19.2 Å². The fourth-order valence-electron chi connectivity index (χ4n) is 4.92. The van der Waals surface area contributed by atoms with Crippen molar-refractivity contribution in [2.45, 2.75) is 66.3 Å². The SMILES string of the molecule is CCCCCC/C(=N\OC(C)=O)C(=O)c1ccc2c(c1)c1cc(C(=O)c3ccccc3C)ccc1n2CC. The number of unbranched alkanes of at least 4 members (excludes halogenated alkanes) is 3. The number of hydrogen-bond acceptors (Lipinski definition) is 5. The molecule has 0 bridgehead atoms. The van der Waals surface area contributed by atoms with E-state index in [0.29, 0.717) is 23.1 Å². The summed E-state index contributed by atoms with van der Waals surface area (Å²) in [6, 6.07) is 18.9. The topological polar surface area (TPSA) is 77.7 Å². The van der Waals surface area contributed by atoms with Crippen LogP contribution in [0, 0.1) is 6.92 Å². The van der Waals surface area contributed by atoms with Crippen molar-refractivity contribution >= 4 is 45.1 Å². The maximum Gasteiger partial charge on any atom is 0.331 e. The third-order valence-electron chi connectivity index (χ3n) is 6.91. The summed E-state index contributed by atoms with van der Waals surface area (Å²) in [5, 5.41) is 5.72. The molecule has 0 aliphatic carbocycles. The van der Waals surface area contributed by atoms with Crippen LogP contribution in [-0.2, 0) is 16.2 Å². The van der Waals surface area contributed by atoms with Gasteiger partial charge in [-0.1, -0.05) is 55.6 Å². The van der Waals surface area contributed by atoms with Gasteiger partial charge < -0.3 is 9.40 Å². The zero-order valence-electron chi connectivity index (χ0n) is 22.5. The number of carbonyl (C=O) groups excluding carboxylic acids is 3. The van der Waals surface area contributed by atoms with Crippen LogP contribution >= 0.6 is 0 Å². The first kappa shape index (κ1) is 27.0. The Morgan fingerprint density at radius 2 is 1.50 bits per heavy atom. The van der Waals surface area contributed by atoms with Gasteiger partial charge in [-0.2, -0.15) is 0 Å². The summed E-state index contributed by atoms with van der Waals surface area (Å²) in [7, 11) is 0. The quantitative estimate of drug-likeness (QED) is 0.0691. The molecule has 1 heterocycles. The average molecular weight is 511 g/mol. The van der Waals surface area contributed by atoms with E-state index in [4.69, 9.17) is 4.84 Å². The van der Waals surface area contributed by atoms with Crippen molar-refractivity contribution in [3.63, 3.8) is 0 Å². The Morgan fingerprint density at radius 3 is 2.13 bits per heavy atom. The molecule has 4 rings (SSSR count). The number of nitrogens with zero attached hydrogens (tertiary/aromatic N) is 2. The summed E-state index contributed by atoms with van der Waals surface area (Å²) in [5.74, 6) is -0.845. The molecule has 0 unspecified atom stereocenters. The monoisotopic (exact) mass is 510 g/mol. The van der Waals surface area contributed by atoms with Gasteiger partial charge in [0.2, 0.25) is 5.78 Å². The van der Waals surface area contributed by atoms with E-state index in [2.05, 4.69) is 23.6 Å². The average Bonchev–Trinajstić information content (AvgIpc) is 3.24. The second-order valence-corrected chi connectivity index (χ2v) is 9.61. The number of aryl methyl sites for hydroxylation is 2. The number of ketones is 2. The lowest BCUT2D eigenvalue weighted by Gasteiger charge is -2.07. The predicted octanol–water partition coefficient (Wildman–Crippen LogP) is 7.43. The highest BCUT2D eigenvalue weighted by Crippen LogP contribution is 2.32. The Labute approximate surface area is 223 Å². The second kappa shape index (κ2) is 12.0. The second-order valence-electron chi connectivity index (χ2n) is 9.61. The van der Waals surface area contributed by atoms with Gasteiger partial charge in [-0.05, 0) is 68.7 Å². The molecule has 0 N–H and O–H groups in total. The number of Topliss-reactive ketones (excluding diaryl/α,β-unsaturated/α-hetero) is 1. The van der Waals surface area contributed by atoms with Gasteiger partial charge in [-0.15, -0.1) is 0 Å². The first-order chi connectivity index (χ1) is 18.3. The molecule has 6 nitrogen and oxygen atoms in total. The summed E-state index contributed by atoms with van der Waals surface area (Å²) in [5.41, 5.74) is 4.92. The van der Waals surface area contributed by atoms with E-state index in [1.165, 1.54) is 6.92 Å². The molecule has 0 fully saturated rings. The van der Waals surface area contributed by atoms with Crippen LogP contribution in [0.5, 0.6) is 0 Å². The largest absolute Gasteiger partial charge is 0.341 e. The number of aromatic nitrogens is 1. The Kier molecular flexibility index (Phi) is 8.52. The number of rotatable bonds is 11. The highest BCUT2D eigenvalue weighted by atomic mass is 16.7. The maximum absolute atomic E-state index is 13.5. The van der Waals surface area contributed by atoms with Crippen molar-refractivity contribution in [3.05, 3.63) is 82.9 Å². The summed E-state index contributed by atoms with van der Waals surface area (Å²) in [6.07, 6.45) is 4.36. The maximum atomic E-state index is 13.5. The van der Waals surface area contributed by atoms with Crippen molar-refractivity contribution in [2.24, 2.45) is 5.16 Å². The molecule has 196 valence electrons. The molecule has 1 aromatic heterocycles. The molecule has 0 radical (unpaired) electrons. The van der Waals surface area contributed by atoms with Crippen LogP contribution in [0.1, 0.15) is 84.7 Å². The van der Waals surface area contributed by atoms with E-state index in [0.717, 1.165) is 59.6 Å². The van der Waals surface area contributed by atoms with Crippen molar-refractivity contribution in [1.82, 2.24) is 4.57 Å². The van der Waals surface area contributed by atoms with Gasteiger partial charge in [0.25, 0.3) is 0 Å². The van der Waals surface area contributed by atoms with Gasteiger partial charge in [-0.3, -0.25) is 9.59 Å². The normalized spacial score (nSPS) is 11.7. The highest BCUT2D eigenvalue weighted by Gasteiger charge is 2.20. The standard InChI is InChI=1S/C32H34N2O4/c1-5-7-8-9-14-28(33-38-22(4)35)32(37)24-16-18-30-27(20-24)26-19-23(15-17-29(26)34(30)6-2)31(36)25-13-11-10-12-21(25)3/h10-13,15-20H,5-9,14H2,1-4H3/b33-28+. The number of benzene rings is 3. The molecule has 6 heteroatoms. The third kappa shape index (κ3) is 5.59. The molecule has 38 heavy (non-hydrogen) atoms. The highest BCUT2D eigenvalue weighted by molar-refractivity contribution is 6.46. The van der Waals surface area contributed by atoms with Crippen LogP contribution in [0.4, 0.5) is 0 Å². The molecule has 4 aromatic rings. The van der Waals surface area contributed by atoms with E-state index < -0.39 is 5.97 Å². The number of oxime groups is 1. The van der Waals surface area contributed by atoms with E-state index in [1.807, 2.05) is 61.5 Å². The Hall–Kier alpha value is -4.06. The molecule has 0 spiro atoms. The van der Waals surface area contributed by atoms with E-state index in [1.54, 1.807) is 6.07 Å². The fraction of sp³-hybridized carbons (Fsp3) is 0.312. The van der Waals surface area contributed by atoms with Gasteiger partial charge in [-0.25, -0.2) is 4.79 Å². The van der Waals surface area contributed by atoms with Crippen LogP contribution in [-0.4, -0.2) is 27.8 Å². The Bertz CT molecular complexity index is 1540. The lowest BCUT2D eigenvalue weighted by atomic mass is 9.97. The number of hydrogen-bond donors (Lipinski definition) is 0. The van der Waals surface area contributed by atoms with E-state index in [9.17, 15) is 14.4 Å². The first-order valence-electron chi connectivity index (χ1n) is 13.3. The van der Waals surface area contributed by atoms with Crippen molar-refractivity contribution in [1.29, 1.82) is 0 Å². The molecule has 0 atom stereocenters. The minimum absolute atomic E-state index is 0.0301. The van der Waals surface area contributed by atoms with Crippen LogP contribution in [0.15, 0.2) is 65.8 Å². The third-order valence-corrected chi connectivity index (χ3v) is 6.91. The molecule has 0 amide bonds. The predicted molar refractivity (Wildman–Crippen MR) is 152 cm³/mol. The number of fused-ring (bicyclic) bond motifs is 3. The summed E-state index contributed by atoms with van der Waals surface area (Å²) < 4.78 is 2.18. The zero-order valence-corrected chi connectivity index (χ0v) is 22.5. The van der Waals surface area contributed by atoms with Crippen LogP contribution in [0.25, 0.3) is 21.8 Å². The van der Waals surface area contributed by atoms with Gasteiger partial charge in [0.05, 0.1) is 0 Å². The van der Waals surface area contributed by atoms with Gasteiger partial charge in [0.1, 0.15) is 5.71 Å². The van der Waals surface area contributed by atoms with Gasteiger partial charge in [0.15, 0.2) is 5.78 Å². The summed E-state index contributed by atoms with van der Waals surface area (Å²) in [6.45, 7) is 8.15. The molecular formula is C32H34N2O4. The molecule has 0 aliphatic heterocycles. The Morgan fingerprint density at radius 1 is 0.842 bits per heavy atom. The van der Waals surface area contributed by atoms with E-state index >= 15 is 0 Å². The Balaban J connectivity index is 1.77. The minimum atomic E-state index is -0.559. The molecule has 0 saturated heterocycles. The summed E-state index contributed by atoms with van der Waals surface area (Å²) >= 11 is 0. The zero-order chi connectivity index (χ0) is 27.2. The summed E-state index contributed by atoms with van der Waals surface area (Å²) in [4.78, 5) is 43.1. The van der Waals surface area contributed by atoms with Gasteiger partial charge in [0, 0.05) is 52.0 Å². The smallest absolute Gasteiger partial charge is 0.331 e. The molecule has 0 saturated carbocycles. The lowest BCUT2D eigenvalue weighted by molar-refractivity contribution is -0.140. The van der Waals surface area contributed by atoms with Crippen molar-refractivity contribution in [2.75, 3.05) is 0 Å². The molecule has 0 aliphatic rings. The van der Waals surface area contributed by atoms with Crippen LogP contribution in [0.2, 0.25) is 0 Å². The van der Waals surface area contributed by atoms with Crippen molar-refractivity contribution in [3.8, 4) is 0 Å². The number of carbonyl (C=O) groups is 3. The fourth-order valence-corrected chi connectivity index (χ4v) is 4.92. The molecule has 3 aromatic carbocycles. The lowest BCUT2D eigenvalue weighted by Crippen LogP contribution is -2.16.